The SMILES string of the molecule is CN1CCN(C(=O)Cc2ccc(Cl)c(Br)c2)CC1. The number of hydrogen-bond acceptors (Lipinski definition) is 2. The maximum Gasteiger partial charge on any atom is 0.227 e. The molecule has 0 aromatic heterocycles. The quantitative estimate of drug-likeness (QED) is 0.831. The van der Waals surface area contributed by atoms with Gasteiger partial charge in [0.05, 0.1) is 11.4 Å². The summed E-state index contributed by atoms with van der Waals surface area (Å²) in [5, 5.41) is 0.672. The molecule has 2 rings (SSSR count). The zero-order valence-corrected chi connectivity index (χ0v) is 12.7. The van der Waals surface area contributed by atoms with Crippen molar-refractivity contribution in [3.8, 4) is 0 Å². The van der Waals surface area contributed by atoms with E-state index in [1.165, 1.54) is 0 Å². The highest BCUT2D eigenvalue weighted by atomic mass is 79.9. The van der Waals surface area contributed by atoms with Crippen molar-refractivity contribution in [2.45, 2.75) is 6.42 Å². The van der Waals surface area contributed by atoms with Crippen molar-refractivity contribution in [1.82, 2.24) is 9.80 Å². The summed E-state index contributed by atoms with van der Waals surface area (Å²) in [5.74, 6) is 0.192. The fourth-order valence-corrected chi connectivity index (χ4v) is 2.54. The van der Waals surface area contributed by atoms with Crippen LogP contribution in [0.1, 0.15) is 5.56 Å². The summed E-state index contributed by atoms with van der Waals surface area (Å²) in [6, 6.07) is 5.63. The molecular weight excluding hydrogens is 316 g/mol. The topological polar surface area (TPSA) is 23.6 Å². The van der Waals surface area contributed by atoms with E-state index < -0.39 is 0 Å². The summed E-state index contributed by atoms with van der Waals surface area (Å²) >= 11 is 9.31. The van der Waals surface area contributed by atoms with Gasteiger partial charge in [-0.1, -0.05) is 17.7 Å². The zero-order chi connectivity index (χ0) is 13.1. The van der Waals surface area contributed by atoms with Crippen LogP contribution in [-0.2, 0) is 11.2 Å². The van der Waals surface area contributed by atoms with Crippen LogP contribution >= 0.6 is 27.5 Å². The van der Waals surface area contributed by atoms with Crippen molar-refractivity contribution >= 4 is 33.4 Å². The summed E-state index contributed by atoms with van der Waals surface area (Å²) in [7, 11) is 2.08. The Morgan fingerprint density at radius 1 is 1.33 bits per heavy atom. The number of carbonyl (C=O) groups excluding carboxylic acids is 1. The molecule has 1 aliphatic rings. The Hall–Kier alpha value is -0.580. The predicted molar refractivity (Wildman–Crippen MR) is 76.9 cm³/mol. The number of hydrogen-bond donors (Lipinski definition) is 0. The standard InChI is InChI=1S/C13H16BrClN2O/c1-16-4-6-17(7-5-16)13(18)9-10-2-3-12(15)11(14)8-10/h2-3,8H,4-7,9H2,1H3. The molecule has 1 aliphatic heterocycles. The van der Waals surface area contributed by atoms with E-state index in [4.69, 9.17) is 11.6 Å². The number of halogens is 2. The van der Waals surface area contributed by atoms with Crippen molar-refractivity contribution in [2.75, 3.05) is 33.2 Å². The van der Waals surface area contributed by atoms with E-state index in [0.29, 0.717) is 11.4 Å². The first kappa shape index (κ1) is 13.8. The Kier molecular flexibility index (Phi) is 4.65. The second-order valence-electron chi connectivity index (χ2n) is 4.61. The van der Waals surface area contributed by atoms with Gasteiger partial charge < -0.3 is 9.80 Å². The van der Waals surface area contributed by atoms with Crippen LogP contribution in [0.15, 0.2) is 22.7 Å². The Labute approximate surface area is 121 Å². The molecule has 0 atom stereocenters. The minimum Gasteiger partial charge on any atom is -0.340 e. The third-order valence-electron chi connectivity index (χ3n) is 3.20. The zero-order valence-electron chi connectivity index (χ0n) is 10.3. The predicted octanol–water partition coefficient (Wildman–Crippen LogP) is 2.42. The molecule has 1 aromatic carbocycles. The van der Waals surface area contributed by atoms with E-state index in [1.54, 1.807) is 0 Å². The molecule has 0 spiro atoms. The van der Waals surface area contributed by atoms with Crippen molar-refractivity contribution in [3.05, 3.63) is 33.3 Å². The first-order chi connectivity index (χ1) is 8.56. The van der Waals surface area contributed by atoms with Gasteiger partial charge in [0.25, 0.3) is 0 Å². The molecule has 3 nitrogen and oxygen atoms in total. The number of nitrogens with zero attached hydrogens (tertiary/aromatic N) is 2. The lowest BCUT2D eigenvalue weighted by Gasteiger charge is -2.32. The number of benzene rings is 1. The molecule has 0 aliphatic carbocycles. The molecule has 0 bridgehead atoms. The van der Waals surface area contributed by atoms with Crippen LogP contribution in [0.25, 0.3) is 0 Å². The van der Waals surface area contributed by atoms with E-state index in [0.717, 1.165) is 36.2 Å². The van der Waals surface area contributed by atoms with E-state index >= 15 is 0 Å². The summed E-state index contributed by atoms with van der Waals surface area (Å²) in [6.07, 6.45) is 0.444. The maximum atomic E-state index is 12.1. The van der Waals surface area contributed by atoms with Gasteiger partial charge in [0.15, 0.2) is 0 Å². The monoisotopic (exact) mass is 330 g/mol. The minimum atomic E-state index is 0.192. The average Bonchev–Trinajstić information content (AvgIpc) is 2.34. The van der Waals surface area contributed by atoms with Gasteiger partial charge in [-0.05, 0) is 40.7 Å². The van der Waals surface area contributed by atoms with Crippen molar-refractivity contribution in [1.29, 1.82) is 0 Å². The summed E-state index contributed by atoms with van der Waals surface area (Å²) in [5.41, 5.74) is 0.996. The van der Waals surface area contributed by atoms with Crippen LogP contribution in [0.3, 0.4) is 0 Å². The van der Waals surface area contributed by atoms with Crippen LogP contribution < -0.4 is 0 Å². The van der Waals surface area contributed by atoms with Gasteiger partial charge in [0, 0.05) is 30.7 Å². The molecular formula is C13H16BrClN2O. The normalized spacial score (nSPS) is 16.9. The fraction of sp³-hybridized carbons (Fsp3) is 0.462. The molecule has 18 heavy (non-hydrogen) atoms. The highest BCUT2D eigenvalue weighted by Gasteiger charge is 2.19. The molecule has 5 heteroatoms. The minimum absolute atomic E-state index is 0.192. The van der Waals surface area contributed by atoms with Gasteiger partial charge in [0.1, 0.15) is 0 Å². The van der Waals surface area contributed by atoms with Crippen LogP contribution in [0.4, 0.5) is 0 Å². The van der Waals surface area contributed by atoms with E-state index in [-0.39, 0.29) is 5.91 Å². The number of piperazine rings is 1. The van der Waals surface area contributed by atoms with Crippen LogP contribution in [-0.4, -0.2) is 48.9 Å². The second-order valence-corrected chi connectivity index (χ2v) is 5.87. The highest BCUT2D eigenvalue weighted by Crippen LogP contribution is 2.23. The van der Waals surface area contributed by atoms with E-state index in [2.05, 4.69) is 27.9 Å². The lowest BCUT2D eigenvalue weighted by atomic mass is 10.1. The van der Waals surface area contributed by atoms with Gasteiger partial charge in [-0.15, -0.1) is 0 Å². The number of likely N-dealkylation sites (N-methyl/N-ethyl adjacent to an activating group) is 1. The number of amides is 1. The van der Waals surface area contributed by atoms with E-state index in [1.807, 2.05) is 23.1 Å². The van der Waals surface area contributed by atoms with Crippen molar-refractivity contribution in [2.24, 2.45) is 0 Å². The van der Waals surface area contributed by atoms with Crippen LogP contribution in [0.5, 0.6) is 0 Å². The van der Waals surface area contributed by atoms with Crippen molar-refractivity contribution in [3.63, 3.8) is 0 Å². The Morgan fingerprint density at radius 2 is 2.00 bits per heavy atom. The summed E-state index contributed by atoms with van der Waals surface area (Å²) < 4.78 is 0.841. The lowest BCUT2D eigenvalue weighted by Crippen LogP contribution is -2.47. The number of rotatable bonds is 2. The molecule has 0 unspecified atom stereocenters. The summed E-state index contributed by atoms with van der Waals surface area (Å²) in [4.78, 5) is 16.3. The first-order valence-electron chi connectivity index (χ1n) is 5.96. The van der Waals surface area contributed by atoms with Crippen molar-refractivity contribution < 1.29 is 4.79 Å². The van der Waals surface area contributed by atoms with Gasteiger partial charge in [0.2, 0.25) is 5.91 Å². The summed E-state index contributed by atoms with van der Waals surface area (Å²) in [6.45, 7) is 3.56. The van der Waals surface area contributed by atoms with E-state index in [9.17, 15) is 4.79 Å². The smallest absolute Gasteiger partial charge is 0.227 e. The maximum absolute atomic E-state index is 12.1. The third-order valence-corrected chi connectivity index (χ3v) is 4.41. The van der Waals surface area contributed by atoms with Gasteiger partial charge >= 0.3 is 0 Å². The molecule has 1 saturated heterocycles. The molecule has 0 radical (unpaired) electrons. The van der Waals surface area contributed by atoms with Gasteiger partial charge in [-0.2, -0.15) is 0 Å². The van der Waals surface area contributed by atoms with Crippen LogP contribution in [0.2, 0.25) is 5.02 Å². The highest BCUT2D eigenvalue weighted by molar-refractivity contribution is 9.10. The Balaban J connectivity index is 1.96. The average molecular weight is 332 g/mol. The Bertz CT molecular complexity index is 445. The first-order valence-corrected chi connectivity index (χ1v) is 7.13. The van der Waals surface area contributed by atoms with Gasteiger partial charge in [-0.25, -0.2) is 0 Å². The lowest BCUT2D eigenvalue weighted by molar-refractivity contribution is -0.132. The molecule has 1 heterocycles. The van der Waals surface area contributed by atoms with Crippen LogP contribution in [0, 0.1) is 0 Å². The molecule has 0 N–H and O–H groups in total. The Morgan fingerprint density at radius 3 is 2.61 bits per heavy atom. The molecule has 1 fully saturated rings. The third kappa shape index (κ3) is 3.46. The number of carbonyl (C=O) groups is 1. The molecule has 1 aromatic rings. The molecule has 98 valence electrons. The van der Waals surface area contributed by atoms with Gasteiger partial charge in [-0.3, -0.25) is 4.79 Å². The fourth-order valence-electron chi connectivity index (χ4n) is 1.99. The molecule has 1 amide bonds. The second kappa shape index (κ2) is 6.04. The largest absolute Gasteiger partial charge is 0.340 e. The molecule has 0 saturated carbocycles.